The van der Waals surface area contributed by atoms with Crippen molar-refractivity contribution >= 4 is 0 Å². The van der Waals surface area contributed by atoms with Crippen molar-refractivity contribution < 1.29 is 0 Å². The van der Waals surface area contributed by atoms with Gasteiger partial charge in [0.05, 0.1) is 0 Å². The second-order valence-corrected chi connectivity index (χ2v) is 7.57. The number of nitrogens with one attached hydrogen (secondary N) is 1. The first-order valence-electron chi connectivity index (χ1n) is 8.92. The van der Waals surface area contributed by atoms with Crippen LogP contribution in [0.5, 0.6) is 0 Å². The van der Waals surface area contributed by atoms with E-state index in [1.54, 1.807) is 0 Å². The molecule has 0 bridgehead atoms. The van der Waals surface area contributed by atoms with E-state index in [4.69, 9.17) is 0 Å². The van der Waals surface area contributed by atoms with E-state index in [2.05, 4.69) is 35.9 Å². The molecular formula is C17H33N3. The second-order valence-electron chi connectivity index (χ2n) is 7.57. The molecule has 0 aromatic carbocycles. The molecule has 3 aliphatic rings. The maximum atomic E-state index is 3.80. The minimum Gasteiger partial charge on any atom is -0.311 e. The maximum absolute atomic E-state index is 3.80. The topological polar surface area (TPSA) is 18.5 Å². The van der Waals surface area contributed by atoms with Gasteiger partial charge in [0.15, 0.2) is 0 Å². The number of nitrogens with zero attached hydrogens (tertiary/aromatic N) is 2. The second kappa shape index (κ2) is 6.33. The third kappa shape index (κ3) is 3.20. The lowest BCUT2D eigenvalue weighted by Crippen LogP contribution is -2.61. The van der Waals surface area contributed by atoms with Crippen molar-refractivity contribution in [3.63, 3.8) is 0 Å². The maximum Gasteiger partial charge on any atom is 0.0247 e. The van der Waals surface area contributed by atoms with E-state index < -0.39 is 0 Å². The van der Waals surface area contributed by atoms with Crippen molar-refractivity contribution in [1.82, 2.24) is 15.1 Å². The zero-order valence-corrected chi connectivity index (χ0v) is 13.6. The fourth-order valence-electron chi connectivity index (χ4n) is 4.25. The van der Waals surface area contributed by atoms with Crippen LogP contribution in [-0.4, -0.2) is 60.1 Å². The van der Waals surface area contributed by atoms with Crippen molar-refractivity contribution in [2.45, 2.75) is 77.0 Å². The van der Waals surface area contributed by atoms with Crippen LogP contribution in [0.1, 0.15) is 52.9 Å². The van der Waals surface area contributed by atoms with E-state index in [0.717, 1.165) is 30.1 Å². The Kier molecular flexibility index (Phi) is 4.68. The van der Waals surface area contributed by atoms with Crippen LogP contribution in [0.15, 0.2) is 0 Å². The molecule has 0 radical (unpaired) electrons. The summed E-state index contributed by atoms with van der Waals surface area (Å²) >= 11 is 0. The first kappa shape index (κ1) is 14.8. The highest BCUT2D eigenvalue weighted by molar-refractivity contribution is 4.97. The van der Waals surface area contributed by atoms with Gasteiger partial charge in [0.1, 0.15) is 0 Å². The molecule has 1 N–H and O–H groups in total. The number of likely N-dealkylation sites (tertiary alicyclic amines) is 1. The van der Waals surface area contributed by atoms with Crippen LogP contribution in [0, 0.1) is 5.92 Å². The standard InChI is InChI=1S/C17H33N3/c1-4-5-14-11-20(17(10-18-14)13(2)3)16-8-9-19(12-16)15-6-7-15/h13-18H,4-12H2,1-3H3. The molecule has 2 aliphatic heterocycles. The summed E-state index contributed by atoms with van der Waals surface area (Å²) in [5.74, 6) is 0.764. The Hall–Kier alpha value is -0.120. The molecule has 0 amide bonds. The van der Waals surface area contributed by atoms with Gasteiger partial charge >= 0.3 is 0 Å². The van der Waals surface area contributed by atoms with Crippen LogP contribution in [0.2, 0.25) is 0 Å². The monoisotopic (exact) mass is 279 g/mol. The van der Waals surface area contributed by atoms with Crippen molar-refractivity contribution in [2.24, 2.45) is 5.92 Å². The normalized spacial score (nSPS) is 36.9. The van der Waals surface area contributed by atoms with Gasteiger partial charge in [-0.05, 0) is 31.6 Å². The quantitative estimate of drug-likeness (QED) is 0.833. The molecule has 1 aliphatic carbocycles. The van der Waals surface area contributed by atoms with Crippen molar-refractivity contribution in [2.75, 3.05) is 26.2 Å². The Morgan fingerprint density at radius 2 is 1.90 bits per heavy atom. The van der Waals surface area contributed by atoms with Gasteiger partial charge in [-0.25, -0.2) is 0 Å². The predicted molar refractivity (Wildman–Crippen MR) is 85.0 cm³/mol. The molecule has 1 saturated carbocycles. The molecular weight excluding hydrogens is 246 g/mol. The smallest absolute Gasteiger partial charge is 0.0247 e. The zero-order chi connectivity index (χ0) is 14.1. The summed E-state index contributed by atoms with van der Waals surface area (Å²) in [6, 6.07) is 3.24. The first-order chi connectivity index (χ1) is 9.69. The number of hydrogen-bond acceptors (Lipinski definition) is 3. The summed E-state index contributed by atoms with van der Waals surface area (Å²) in [4.78, 5) is 5.64. The van der Waals surface area contributed by atoms with Gasteiger partial charge in [-0.1, -0.05) is 27.2 Å². The van der Waals surface area contributed by atoms with Gasteiger partial charge in [-0.3, -0.25) is 9.80 Å². The highest BCUT2D eigenvalue weighted by atomic mass is 15.3. The van der Waals surface area contributed by atoms with Crippen molar-refractivity contribution in [3.8, 4) is 0 Å². The molecule has 3 heteroatoms. The summed E-state index contributed by atoms with van der Waals surface area (Å²) in [6.45, 7) is 12.3. The molecule has 3 rings (SSSR count). The highest BCUT2D eigenvalue weighted by Crippen LogP contribution is 2.32. The molecule has 3 fully saturated rings. The Labute approximate surface area is 125 Å². The Morgan fingerprint density at radius 1 is 1.10 bits per heavy atom. The van der Waals surface area contributed by atoms with E-state index in [1.165, 1.54) is 58.3 Å². The van der Waals surface area contributed by atoms with Crippen LogP contribution >= 0.6 is 0 Å². The number of hydrogen-bond donors (Lipinski definition) is 1. The van der Waals surface area contributed by atoms with E-state index in [0.29, 0.717) is 0 Å². The van der Waals surface area contributed by atoms with E-state index in [1.807, 2.05) is 0 Å². The van der Waals surface area contributed by atoms with Gasteiger partial charge in [-0.2, -0.15) is 0 Å². The molecule has 3 unspecified atom stereocenters. The van der Waals surface area contributed by atoms with Crippen LogP contribution in [0.25, 0.3) is 0 Å². The summed E-state index contributed by atoms with van der Waals surface area (Å²) in [7, 11) is 0. The lowest BCUT2D eigenvalue weighted by molar-refractivity contribution is 0.0558. The zero-order valence-electron chi connectivity index (χ0n) is 13.6. The molecule has 2 saturated heterocycles. The fraction of sp³-hybridized carbons (Fsp3) is 1.00. The molecule has 3 nitrogen and oxygen atoms in total. The van der Waals surface area contributed by atoms with Crippen LogP contribution < -0.4 is 5.32 Å². The molecule has 2 heterocycles. The van der Waals surface area contributed by atoms with E-state index in [9.17, 15) is 0 Å². The Morgan fingerprint density at radius 3 is 2.55 bits per heavy atom. The van der Waals surface area contributed by atoms with Crippen LogP contribution in [0.4, 0.5) is 0 Å². The average molecular weight is 279 g/mol. The SMILES string of the molecule is CCCC1CN(C2CCN(C3CC3)C2)C(C(C)C)CN1. The summed E-state index contributed by atoms with van der Waals surface area (Å²) in [5.41, 5.74) is 0. The predicted octanol–water partition coefficient (Wildman–Crippen LogP) is 2.32. The molecule has 0 aromatic rings. The van der Waals surface area contributed by atoms with Crippen molar-refractivity contribution in [3.05, 3.63) is 0 Å². The van der Waals surface area contributed by atoms with E-state index >= 15 is 0 Å². The highest BCUT2D eigenvalue weighted by Gasteiger charge is 2.40. The van der Waals surface area contributed by atoms with E-state index in [-0.39, 0.29) is 0 Å². The largest absolute Gasteiger partial charge is 0.311 e. The minimum atomic E-state index is 0.727. The molecule has 3 atom stereocenters. The fourth-order valence-corrected chi connectivity index (χ4v) is 4.25. The third-order valence-corrected chi connectivity index (χ3v) is 5.61. The summed E-state index contributed by atoms with van der Waals surface area (Å²) < 4.78 is 0. The average Bonchev–Trinajstić information content (AvgIpc) is 3.16. The first-order valence-corrected chi connectivity index (χ1v) is 8.92. The lowest BCUT2D eigenvalue weighted by Gasteiger charge is -2.45. The molecule has 20 heavy (non-hydrogen) atoms. The van der Waals surface area contributed by atoms with Crippen LogP contribution in [0.3, 0.4) is 0 Å². The third-order valence-electron chi connectivity index (χ3n) is 5.61. The van der Waals surface area contributed by atoms with Crippen molar-refractivity contribution in [1.29, 1.82) is 0 Å². The lowest BCUT2D eigenvalue weighted by atomic mass is 9.95. The van der Waals surface area contributed by atoms with Gasteiger partial charge < -0.3 is 5.32 Å². The van der Waals surface area contributed by atoms with Gasteiger partial charge in [0.2, 0.25) is 0 Å². The van der Waals surface area contributed by atoms with Gasteiger partial charge in [0.25, 0.3) is 0 Å². The van der Waals surface area contributed by atoms with Gasteiger partial charge in [-0.15, -0.1) is 0 Å². The molecule has 116 valence electrons. The van der Waals surface area contributed by atoms with Crippen LogP contribution in [-0.2, 0) is 0 Å². The number of rotatable bonds is 5. The Bertz CT molecular complexity index is 313. The minimum absolute atomic E-state index is 0.727. The summed E-state index contributed by atoms with van der Waals surface area (Å²) in [5, 5.41) is 3.80. The van der Waals surface area contributed by atoms with Gasteiger partial charge in [0, 0.05) is 50.3 Å². The Balaban J connectivity index is 1.62. The molecule has 0 aromatic heterocycles. The number of piperazine rings is 1. The molecule has 0 spiro atoms. The summed E-state index contributed by atoms with van der Waals surface area (Å²) in [6.07, 6.45) is 6.95.